The van der Waals surface area contributed by atoms with Gasteiger partial charge in [-0.3, -0.25) is 4.79 Å². The Morgan fingerprint density at radius 1 is 1.33 bits per heavy atom. The molecular formula is C11H16BrNO2. The summed E-state index contributed by atoms with van der Waals surface area (Å²) in [5.41, 5.74) is 1.11. The van der Waals surface area contributed by atoms with Crippen molar-refractivity contribution in [3.63, 3.8) is 0 Å². The SMILES string of the molecule is Br.CCC(=O)NCCc1ccc(O)cc1. The van der Waals surface area contributed by atoms with E-state index in [2.05, 4.69) is 5.32 Å². The molecule has 0 saturated carbocycles. The van der Waals surface area contributed by atoms with E-state index in [1.807, 2.05) is 19.1 Å². The van der Waals surface area contributed by atoms with Crippen LogP contribution < -0.4 is 5.32 Å². The third-order valence-corrected chi connectivity index (χ3v) is 1.99. The number of hydrogen-bond donors (Lipinski definition) is 2. The van der Waals surface area contributed by atoms with Crippen LogP contribution in [0.25, 0.3) is 0 Å². The maximum absolute atomic E-state index is 10.9. The second-order valence-electron chi connectivity index (χ2n) is 3.12. The smallest absolute Gasteiger partial charge is 0.219 e. The van der Waals surface area contributed by atoms with E-state index < -0.39 is 0 Å². The lowest BCUT2D eigenvalue weighted by molar-refractivity contribution is -0.120. The number of nitrogens with one attached hydrogen (secondary N) is 1. The minimum Gasteiger partial charge on any atom is -0.508 e. The highest BCUT2D eigenvalue weighted by atomic mass is 79.9. The fourth-order valence-corrected chi connectivity index (χ4v) is 1.13. The molecule has 1 amide bonds. The highest BCUT2D eigenvalue weighted by Gasteiger charge is 1.96. The summed E-state index contributed by atoms with van der Waals surface area (Å²) in [7, 11) is 0. The third-order valence-electron chi connectivity index (χ3n) is 1.99. The zero-order valence-corrected chi connectivity index (χ0v) is 10.4. The topological polar surface area (TPSA) is 49.3 Å². The molecular weight excluding hydrogens is 258 g/mol. The first-order chi connectivity index (χ1) is 6.72. The van der Waals surface area contributed by atoms with Crippen molar-refractivity contribution >= 4 is 22.9 Å². The lowest BCUT2D eigenvalue weighted by atomic mass is 10.1. The average molecular weight is 274 g/mol. The van der Waals surface area contributed by atoms with Gasteiger partial charge in [-0.05, 0) is 24.1 Å². The number of amides is 1. The lowest BCUT2D eigenvalue weighted by Crippen LogP contribution is -2.24. The van der Waals surface area contributed by atoms with Gasteiger partial charge in [0, 0.05) is 13.0 Å². The monoisotopic (exact) mass is 273 g/mol. The molecule has 1 aromatic rings. The van der Waals surface area contributed by atoms with E-state index in [1.54, 1.807) is 12.1 Å². The van der Waals surface area contributed by atoms with Crippen molar-refractivity contribution in [1.82, 2.24) is 5.32 Å². The van der Waals surface area contributed by atoms with Crippen LogP contribution in [0.4, 0.5) is 0 Å². The summed E-state index contributed by atoms with van der Waals surface area (Å²) in [6.07, 6.45) is 1.32. The molecule has 0 aliphatic heterocycles. The molecule has 2 N–H and O–H groups in total. The van der Waals surface area contributed by atoms with E-state index >= 15 is 0 Å². The van der Waals surface area contributed by atoms with Crippen molar-refractivity contribution in [3.8, 4) is 5.75 Å². The molecule has 0 spiro atoms. The third kappa shape index (κ3) is 5.42. The first kappa shape index (κ1) is 14.0. The Balaban J connectivity index is 0.00000196. The van der Waals surface area contributed by atoms with Gasteiger partial charge in [0.2, 0.25) is 5.91 Å². The number of phenolic OH excluding ortho intramolecular Hbond substituents is 1. The summed E-state index contributed by atoms with van der Waals surface area (Å²) >= 11 is 0. The van der Waals surface area contributed by atoms with E-state index in [4.69, 9.17) is 5.11 Å². The summed E-state index contributed by atoms with van der Waals surface area (Å²) in [6, 6.07) is 7.01. The maximum atomic E-state index is 10.9. The van der Waals surface area contributed by atoms with Gasteiger partial charge in [0.25, 0.3) is 0 Å². The molecule has 1 rings (SSSR count). The predicted octanol–water partition coefficient (Wildman–Crippen LogP) is 2.04. The van der Waals surface area contributed by atoms with E-state index in [0.717, 1.165) is 12.0 Å². The minimum absolute atomic E-state index is 0. The molecule has 0 aromatic heterocycles. The van der Waals surface area contributed by atoms with Crippen LogP contribution in [-0.4, -0.2) is 17.6 Å². The van der Waals surface area contributed by atoms with Crippen LogP contribution in [0.1, 0.15) is 18.9 Å². The summed E-state index contributed by atoms with van der Waals surface area (Å²) in [4.78, 5) is 10.9. The van der Waals surface area contributed by atoms with Crippen molar-refractivity contribution in [2.24, 2.45) is 0 Å². The number of carbonyl (C=O) groups excluding carboxylic acids is 1. The number of phenols is 1. The number of carbonyl (C=O) groups is 1. The molecule has 84 valence electrons. The molecule has 0 saturated heterocycles. The molecule has 0 aliphatic rings. The highest BCUT2D eigenvalue weighted by Crippen LogP contribution is 2.09. The Hall–Kier alpha value is -1.03. The zero-order chi connectivity index (χ0) is 10.4. The van der Waals surface area contributed by atoms with Crippen molar-refractivity contribution < 1.29 is 9.90 Å². The quantitative estimate of drug-likeness (QED) is 0.882. The largest absolute Gasteiger partial charge is 0.508 e. The molecule has 3 nitrogen and oxygen atoms in total. The first-order valence-electron chi connectivity index (χ1n) is 4.77. The Bertz CT molecular complexity index is 298. The second-order valence-corrected chi connectivity index (χ2v) is 3.12. The van der Waals surface area contributed by atoms with Gasteiger partial charge < -0.3 is 10.4 Å². The van der Waals surface area contributed by atoms with Gasteiger partial charge in [-0.25, -0.2) is 0 Å². The van der Waals surface area contributed by atoms with Crippen molar-refractivity contribution in [3.05, 3.63) is 29.8 Å². The van der Waals surface area contributed by atoms with Crippen LogP contribution in [0, 0.1) is 0 Å². The minimum atomic E-state index is 0. The standard InChI is InChI=1S/C11H15NO2.BrH/c1-2-11(14)12-8-7-9-3-5-10(13)6-4-9;/h3-6,13H,2,7-8H2,1H3,(H,12,14);1H. The Morgan fingerprint density at radius 2 is 1.93 bits per heavy atom. The maximum Gasteiger partial charge on any atom is 0.219 e. The predicted molar refractivity (Wildman–Crippen MR) is 65.4 cm³/mol. The number of halogens is 1. The van der Waals surface area contributed by atoms with E-state index in [0.29, 0.717) is 13.0 Å². The molecule has 0 unspecified atom stereocenters. The van der Waals surface area contributed by atoms with Crippen LogP contribution in [0.5, 0.6) is 5.75 Å². The number of aromatic hydroxyl groups is 1. The van der Waals surface area contributed by atoms with Gasteiger partial charge in [0.15, 0.2) is 0 Å². The van der Waals surface area contributed by atoms with Crippen LogP contribution in [-0.2, 0) is 11.2 Å². The van der Waals surface area contributed by atoms with Gasteiger partial charge in [-0.1, -0.05) is 19.1 Å². The van der Waals surface area contributed by atoms with Crippen molar-refractivity contribution in [1.29, 1.82) is 0 Å². The van der Waals surface area contributed by atoms with Gasteiger partial charge in [-0.2, -0.15) is 0 Å². The number of benzene rings is 1. The molecule has 0 aliphatic carbocycles. The fourth-order valence-electron chi connectivity index (χ4n) is 1.13. The summed E-state index contributed by atoms with van der Waals surface area (Å²) < 4.78 is 0. The highest BCUT2D eigenvalue weighted by molar-refractivity contribution is 8.93. The van der Waals surface area contributed by atoms with Crippen LogP contribution in [0.3, 0.4) is 0 Å². The molecule has 0 atom stereocenters. The van der Waals surface area contributed by atoms with E-state index in [1.165, 1.54) is 0 Å². The van der Waals surface area contributed by atoms with Crippen LogP contribution >= 0.6 is 17.0 Å². The summed E-state index contributed by atoms with van der Waals surface area (Å²) in [6.45, 7) is 2.48. The average Bonchev–Trinajstić information content (AvgIpc) is 2.21. The molecule has 0 heterocycles. The number of hydrogen-bond acceptors (Lipinski definition) is 2. The van der Waals surface area contributed by atoms with E-state index in [-0.39, 0.29) is 28.6 Å². The molecule has 0 radical (unpaired) electrons. The molecule has 0 fully saturated rings. The summed E-state index contributed by atoms with van der Waals surface area (Å²) in [5.74, 6) is 0.343. The molecule has 1 aromatic carbocycles. The molecule has 4 heteroatoms. The van der Waals surface area contributed by atoms with Gasteiger partial charge in [0.1, 0.15) is 5.75 Å². The lowest BCUT2D eigenvalue weighted by Gasteiger charge is -2.03. The Kier molecular flexibility index (Phi) is 6.79. The van der Waals surface area contributed by atoms with Crippen LogP contribution in [0.15, 0.2) is 24.3 Å². The van der Waals surface area contributed by atoms with Gasteiger partial charge >= 0.3 is 0 Å². The van der Waals surface area contributed by atoms with E-state index in [9.17, 15) is 4.79 Å². The van der Waals surface area contributed by atoms with Gasteiger partial charge in [0.05, 0.1) is 0 Å². The summed E-state index contributed by atoms with van der Waals surface area (Å²) in [5, 5.41) is 11.8. The van der Waals surface area contributed by atoms with Gasteiger partial charge in [-0.15, -0.1) is 17.0 Å². The normalized spacial score (nSPS) is 9.13. The first-order valence-corrected chi connectivity index (χ1v) is 4.77. The molecule has 0 bridgehead atoms. The molecule has 15 heavy (non-hydrogen) atoms. The fraction of sp³-hybridized carbons (Fsp3) is 0.364. The van der Waals surface area contributed by atoms with Crippen molar-refractivity contribution in [2.75, 3.05) is 6.54 Å². The second kappa shape index (κ2) is 7.29. The Morgan fingerprint density at radius 3 is 2.47 bits per heavy atom. The number of rotatable bonds is 4. The van der Waals surface area contributed by atoms with Crippen molar-refractivity contribution in [2.45, 2.75) is 19.8 Å². The van der Waals surface area contributed by atoms with Crippen LogP contribution in [0.2, 0.25) is 0 Å². The Labute approximate surface area is 100 Å². The zero-order valence-electron chi connectivity index (χ0n) is 8.69.